The van der Waals surface area contributed by atoms with Gasteiger partial charge in [0.25, 0.3) is 0 Å². The van der Waals surface area contributed by atoms with Gasteiger partial charge in [0, 0.05) is 56.6 Å². The molecule has 0 saturated heterocycles. The van der Waals surface area contributed by atoms with Crippen LogP contribution in [-0.4, -0.2) is 0 Å². The second-order valence-electron chi connectivity index (χ2n) is 26.1. The minimum absolute atomic E-state index is 0.234. The molecular weight excluding hydrogens is 1140 g/mol. The highest BCUT2D eigenvalue weighted by atomic mass is 15.2. The summed E-state index contributed by atoms with van der Waals surface area (Å²) in [5, 5.41) is 0. The number of hydrogen-bond acceptors (Lipinski definition) is 3. The lowest BCUT2D eigenvalue weighted by Gasteiger charge is -2.33. The van der Waals surface area contributed by atoms with E-state index in [0.717, 1.165) is 45.3 Å². The predicted octanol–water partition coefficient (Wildman–Crippen LogP) is 27.3. The third-order valence-electron chi connectivity index (χ3n) is 18.6. The van der Waals surface area contributed by atoms with Crippen molar-refractivity contribution in [3.8, 4) is 11.1 Å². The summed E-state index contributed by atoms with van der Waals surface area (Å²) < 4.78 is 0. The number of anilines is 9. The topological polar surface area (TPSA) is 9.72 Å². The summed E-state index contributed by atoms with van der Waals surface area (Å²) in [6.07, 6.45) is 23.6. The number of aryl methyl sites for hydroxylation is 6. The fraction of sp³-hybridized carbons (Fsp3) is 0.253. The number of hydrogen-bond donors (Lipinski definition) is 0. The molecule has 1 aliphatic carbocycles. The van der Waals surface area contributed by atoms with Gasteiger partial charge in [-0.3, -0.25) is 0 Å². The van der Waals surface area contributed by atoms with Gasteiger partial charge in [0.1, 0.15) is 0 Å². The van der Waals surface area contributed by atoms with Crippen LogP contribution in [-0.2, 0) is 5.41 Å². The quantitative estimate of drug-likeness (QED) is 0.0417. The van der Waals surface area contributed by atoms with Crippen molar-refractivity contribution in [2.75, 3.05) is 14.7 Å². The van der Waals surface area contributed by atoms with Crippen molar-refractivity contribution >= 4 is 63.3 Å². The van der Waals surface area contributed by atoms with E-state index in [4.69, 9.17) is 0 Å². The number of nitrogens with zero attached hydrogens (tertiary/aromatic N) is 3. The minimum Gasteiger partial charge on any atom is -0.311 e. The molecule has 0 bridgehead atoms. The summed E-state index contributed by atoms with van der Waals surface area (Å²) in [6, 6.07) is 98.1. The minimum atomic E-state index is 0.234. The van der Waals surface area contributed by atoms with Gasteiger partial charge < -0.3 is 14.7 Å². The Hall–Kier alpha value is -9.44. The van der Waals surface area contributed by atoms with Crippen molar-refractivity contribution in [1.29, 1.82) is 0 Å². The molecule has 1 aliphatic rings. The summed E-state index contributed by atoms with van der Waals surface area (Å²) in [6.45, 7) is 17.6. The van der Waals surface area contributed by atoms with Crippen LogP contribution in [0.25, 0.3) is 23.3 Å². The molecule has 94 heavy (non-hydrogen) atoms. The molecule has 0 aromatic heterocycles. The normalized spacial score (nSPS) is 11.8. The molecule has 0 heterocycles. The van der Waals surface area contributed by atoms with Gasteiger partial charge in [0.15, 0.2) is 0 Å². The first kappa shape index (κ1) is 67.4. The molecule has 3 heteroatoms. The van der Waals surface area contributed by atoms with E-state index in [0.29, 0.717) is 0 Å². The molecule has 0 spiro atoms. The van der Waals surface area contributed by atoms with Gasteiger partial charge in [-0.2, -0.15) is 0 Å². The second-order valence-corrected chi connectivity index (χ2v) is 26.1. The van der Waals surface area contributed by atoms with Crippen LogP contribution < -0.4 is 14.7 Å². The van der Waals surface area contributed by atoms with Crippen LogP contribution >= 0.6 is 0 Å². The molecule has 0 unspecified atom stereocenters. The molecule has 0 amide bonds. The molecule has 0 fully saturated rings. The van der Waals surface area contributed by atoms with Crippen LogP contribution in [0.4, 0.5) is 51.2 Å². The van der Waals surface area contributed by atoms with Crippen LogP contribution in [0.5, 0.6) is 0 Å². The zero-order valence-corrected chi connectivity index (χ0v) is 57.4. The lowest BCUT2D eigenvalue weighted by atomic mass is 9.70. The van der Waals surface area contributed by atoms with Gasteiger partial charge in [-0.15, -0.1) is 0 Å². The molecule has 0 radical (unpaired) electrons. The highest BCUT2D eigenvalue weighted by molar-refractivity contribution is 5.83. The largest absolute Gasteiger partial charge is 0.311 e. The molecule has 11 aromatic carbocycles. The Labute approximate surface area is 565 Å². The molecule has 3 nitrogen and oxygen atoms in total. The van der Waals surface area contributed by atoms with Crippen molar-refractivity contribution in [2.45, 2.75) is 151 Å². The van der Waals surface area contributed by atoms with Crippen molar-refractivity contribution < 1.29 is 0 Å². The maximum Gasteiger partial charge on any atom is 0.0462 e. The summed E-state index contributed by atoms with van der Waals surface area (Å²) in [7, 11) is 0. The van der Waals surface area contributed by atoms with Crippen LogP contribution in [0.2, 0.25) is 0 Å². The molecule has 0 N–H and O–H groups in total. The first-order valence-corrected chi connectivity index (χ1v) is 34.9. The van der Waals surface area contributed by atoms with E-state index in [2.05, 4.69) is 349 Å². The Bertz CT molecular complexity index is 3810. The first-order chi connectivity index (χ1) is 46.0. The number of fused-ring (bicyclic) bond motifs is 3. The molecule has 0 saturated carbocycles. The average molecular weight is 1230 g/mol. The van der Waals surface area contributed by atoms with E-state index in [9.17, 15) is 0 Å². The second kappa shape index (κ2) is 33.9. The highest BCUT2D eigenvalue weighted by Crippen LogP contribution is 2.55. The Morgan fingerprint density at radius 1 is 0.245 bits per heavy atom. The lowest BCUT2D eigenvalue weighted by molar-refractivity contribution is 0.397. The summed E-state index contributed by atoms with van der Waals surface area (Å²) >= 11 is 0. The van der Waals surface area contributed by atoms with Crippen molar-refractivity contribution in [2.24, 2.45) is 0 Å². The maximum atomic E-state index is 2.53. The van der Waals surface area contributed by atoms with Crippen LogP contribution in [0.15, 0.2) is 273 Å². The van der Waals surface area contributed by atoms with E-state index in [-0.39, 0.29) is 5.41 Å². The zero-order valence-electron chi connectivity index (χ0n) is 57.4. The molecule has 478 valence electrons. The van der Waals surface area contributed by atoms with Crippen molar-refractivity contribution in [3.63, 3.8) is 0 Å². The third-order valence-corrected chi connectivity index (χ3v) is 18.6. The van der Waals surface area contributed by atoms with Crippen molar-refractivity contribution in [3.05, 3.63) is 329 Å². The average Bonchev–Trinajstić information content (AvgIpc) is 1.57. The van der Waals surface area contributed by atoms with Gasteiger partial charge in [-0.25, -0.2) is 0 Å². The smallest absolute Gasteiger partial charge is 0.0462 e. The lowest BCUT2D eigenvalue weighted by Crippen LogP contribution is -2.25. The molecule has 0 aliphatic heterocycles. The van der Waals surface area contributed by atoms with Gasteiger partial charge in [-0.05, 0) is 197 Å². The first-order valence-electron chi connectivity index (χ1n) is 34.9. The Morgan fingerprint density at radius 3 is 0.755 bits per heavy atom. The van der Waals surface area contributed by atoms with E-state index < -0.39 is 0 Å². The Balaban J connectivity index is 0.000000163. The number of para-hydroxylation sites is 3. The van der Waals surface area contributed by atoms with Gasteiger partial charge in [-0.1, -0.05) is 300 Å². The van der Waals surface area contributed by atoms with Gasteiger partial charge in [0.05, 0.1) is 0 Å². The van der Waals surface area contributed by atoms with E-state index in [1.165, 1.54) is 151 Å². The predicted molar refractivity (Wildman–Crippen MR) is 409 cm³/mol. The molecular formula is C91H99N3. The Morgan fingerprint density at radius 2 is 0.479 bits per heavy atom. The fourth-order valence-electron chi connectivity index (χ4n) is 13.3. The number of rotatable bonds is 25. The van der Waals surface area contributed by atoms with E-state index >= 15 is 0 Å². The van der Waals surface area contributed by atoms with E-state index in [1.807, 2.05) is 6.07 Å². The van der Waals surface area contributed by atoms with Crippen LogP contribution in [0, 0.1) is 41.5 Å². The van der Waals surface area contributed by atoms with Gasteiger partial charge in [0.2, 0.25) is 0 Å². The molecule has 0 atom stereocenters. The zero-order chi connectivity index (χ0) is 65.5. The van der Waals surface area contributed by atoms with Crippen LogP contribution in [0.1, 0.15) is 159 Å². The maximum absolute atomic E-state index is 2.53. The number of unbranched alkanes of at least 4 members (excludes halogenated alkanes) is 10. The highest BCUT2D eigenvalue weighted by Gasteiger charge is 2.42. The SMILES string of the molecule is CCCCCCCCC1(CCCCCCCC)c2cc(C)ccc2-c2ccc(C)cc21.Cc1ccc(N(c2ccccc2)c2ccc(/C=C/c3ccc(N(c4ccccc4)c4ccc(C)cc4)cc3)cc2)cc1.Cc1ccc(N(c2ccccc2)c2ccc(C)cc2)cc1. The summed E-state index contributed by atoms with van der Waals surface area (Å²) in [5.74, 6) is 0. The number of benzene rings is 11. The summed E-state index contributed by atoms with van der Waals surface area (Å²) in [4.78, 5) is 6.86. The van der Waals surface area contributed by atoms with Crippen molar-refractivity contribution in [1.82, 2.24) is 0 Å². The monoisotopic (exact) mass is 1230 g/mol. The summed E-state index contributed by atoms with van der Waals surface area (Å²) in [5.41, 5.74) is 27.1. The molecule has 11 aromatic rings. The molecule has 12 rings (SSSR count). The fourth-order valence-corrected chi connectivity index (χ4v) is 13.3. The Kier molecular flexibility index (Phi) is 24.3. The van der Waals surface area contributed by atoms with Gasteiger partial charge >= 0.3 is 0 Å². The third kappa shape index (κ3) is 17.8. The van der Waals surface area contributed by atoms with E-state index in [1.54, 1.807) is 11.1 Å². The standard InChI is InChI=1S/C40H34N2.C31H46.C20H19N/c1-31-13-23-37(24-14-31)41(35-9-5-3-6-10-35)39-27-19-33(20-28-39)17-18-34-21-29-40(30-22-34)42(36-11-7-4-8-12-36)38-25-15-32(2)16-26-38;1-5-7-9-11-13-15-21-31(22-16-14-12-10-8-6-2)29-23-25(3)17-19-27(29)28-20-18-26(4)24-30(28)31;1-16-8-12-19(13-9-16)21(18-6-4-3-5-7-18)20-14-10-17(2)11-15-20/h3-30H,1-2H3;17-20,23-24H,5-16,21-22H2,1-4H3;3-15H,1-2H3/b18-17+;;. The van der Waals surface area contributed by atoms with Crippen LogP contribution in [0.3, 0.4) is 0 Å².